The normalized spacial score (nSPS) is 26.1. The van der Waals surface area contributed by atoms with Gasteiger partial charge < -0.3 is 4.90 Å². The van der Waals surface area contributed by atoms with Crippen LogP contribution in [0, 0.1) is 0 Å². The van der Waals surface area contributed by atoms with Crippen molar-refractivity contribution in [3.8, 4) is 0 Å². The van der Waals surface area contributed by atoms with Gasteiger partial charge in [-0.3, -0.25) is 4.90 Å². The summed E-state index contributed by atoms with van der Waals surface area (Å²) in [5.74, 6) is -2.49. The van der Waals surface area contributed by atoms with Crippen molar-refractivity contribution in [2.24, 2.45) is 0 Å². The summed E-state index contributed by atoms with van der Waals surface area (Å²) in [4.78, 5) is 4.00. The number of piperidine rings is 1. The van der Waals surface area contributed by atoms with Crippen molar-refractivity contribution in [2.45, 2.75) is 25.2 Å². The number of halogens is 2. The van der Waals surface area contributed by atoms with Crippen LogP contribution in [0.1, 0.15) is 19.3 Å². The van der Waals surface area contributed by atoms with E-state index in [0.717, 1.165) is 25.3 Å². The van der Waals surface area contributed by atoms with Crippen molar-refractivity contribution in [2.75, 3.05) is 32.7 Å². The van der Waals surface area contributed by atoms with Gasteiger partial charge in [-0.25, -0.2) is 8.78 Å². The van der Waals surface area contributed by atoms with Gasteiger partial charge in [-0.15, -0.1) is 0 Å². The van der Waals surface area contributed by atoms with Crippen molar-refractivity contribution in [1.82, 2.24) is 9.80 Å². The van der Waals surface area contributed by atoms with E-state index in [-0.39, 0.29) is 13.0 Å². The molecule has 2 saturated heterocycles. The molecule has 0 unspecified atom stereocenters. The fraction of sp³-hybridized carbons (Fsp3) is 0.818. The lowest BCUT2D eigenvalue weighted by molar-refractivity contribution is -0.0630. The first-order valence-corrected chi connectivity index (χ1v) is 5.60. The van der Waals surface area contributed by atoms with E-state index in [0.29, 0.717) is 13.0 Å². The van der Waals surface area contributed by atoms with Crippen molar-refractivity contribution in [3.63, 3.8) is 0 Å². The first kappa shape index (κ1) is 10.9. The maximum Gasteiger partial charge on any atom is 0.260 e. The molecule has 0 spiro atoms. The topological polar surface area (TPSA) is 6.48 Å². The van der Waals surface area contributed by atoms with Gasteiger partial charge in [0.25, 0.3) is 5.92 Å². The molecular weight excluding hydrogens is 198 g/mol. The summed E-state index contributed by atoms with van der Waals surface area (Å²) < 4.78 is 26.2. The quantitative estimate of drug-likeness (QED) is 0.711. The maximum atomic E-state index is 13.1. The summed E-state index contributed by atoms with van der Waals surface area (Å²) in [6.07, 6.45) is 1.84. The van der Waals surface area contributed by atoms with E-state index < -0.39 is 5.92 Å². The summed E-state index contributed by atoms with van der Waals surface area (Å²) >= 11 is 0. The van der Waals surface area contributed by atoms with Gasteiger partial charge in [0.15, 0.2) is 0 Å². The van der Waals surface area contributed by atoms with Crippen LogP contribution in [0.4, 0.5) is 8.78 Å². The molecule has 0 N–H and O–H groups in total. The number of hydrogen-bond acceptors (Lipinski definition) is 2. The van der Waals surface area contributed by atoms with E-state index in [4.69, 9.17) is 0 Å². The molecule has 86 valence electrons. The first-order valence-electron chi connectivity index (χ1n) is 5.60. The number of likely N-dealkylation sites (tertiary alicyclic amines) is 2. The van der Waals surface area contributed by atoms with Crippen LogP contribution in [0.15, 0.2) is 12.3 Å². The fourth-order valence-corrected chi connectivity index (χ4v) is 2.17. The highest BCUT2D eigenvalue weighted by molar-refractivity contribution is 5.01. The molecule has 0 aromatic heterocycles. The molecule has 0 bridgehead atoms. The summed E-state index contributed by atoms with van der Waals surface area (Å²) in [6, 6.07) is 0. The molecule has 2 heterocycles. The van der Waals surface area contributed by atoms with Gasteiger partial charge in [-0.05, 0) is 19.4 Å². The lowest BCUT2D eigenvalue weighted by Gasteiger charge is -2.39. The summed E-state index contributed by atoms with van der Waals surface area (Å²) in [6.45, 7) is 7.34. The molecule has 2 rings (SSSR count). The summed E-state index contributed by atoms with van der Waals surface area (Å²) in [5, 5.41) is 0. The molecule has 0 aromatic carbocycles. The van der Waals surface area contributed by atoms with Crippen LogP contribution < -0.4 is 0 Å². The number of alkyl halides is 2. The third-order valence-corrected chi connectivity index (χ3v) is 3.18. The Balaban J connectivity index is 1.80. The Labute approximate surface area is 89.5 Å². The van der Waals surface area contributed by atoms with Crippen molar-refractivity contribution in [1.29, 1.82) is 0 Å². The van der Waals surface area contributed by atoms with E-state index in [1.54, 1.807) is 0 Å². The second kappa shape index (κ2) is 4.08. The van der Waals surface area contributed by atoms with Crippen LogP contribution in [-0.2, 0) is 0 Å². The van der Waals surface area contributed by atoms with E-state index in [1.165, 1.54) is 6.42 Å². The average Bonchev–Trinajstić information content (AvgIpc) is 1.97. The highest BCUT2D eigenvalue weighted by atomic mass is 19.3. The molecule has 2 aliphatic heterocycles. The monoisotopic (exact) mass is 216 g/mol. The Kier molecular flexibility index (Phi) is 2.96. The van der Waals surface area contributed by atoms with E-state index >= 15 is 0 Å². The second-order valence-corrected chi connectivity index (χ2v) is 4.58. The minimum absolute atomic E-state index is 0.0414. The van der Waals surface area contributed by atoms with E-state index in [9.17, 15) is 8.78 Å². The maximum absolute atomic E-state index is 13.1. The number of rotatable bonds is 3. The highest BCUT2D eigenvalue weighted by Gasteiger charge is 2.35. The van der Waals surface area contributed by atoms with Gasteiger partial charge in [0.1, 0.15) is 0 Å². The van der Waals surface area contributed by atoms with Crippen molar-refractivity contribution < 1.29 is 8.78 Å². The number of hydrogen-bond donors (Lipinski definition) is 0. The minimum Gasteiger partial charge on any atom is -0.374 e. The van der Waals surface area contributed by atoms with Crippen LogP contribution in [0.3, 0.4) is 0 Å². The molecule has 0 aliphatic carbocycles. The Bertz CT molecular complexity index is 249. The second-order valence-electron chi connectivity index (χ2n) is 4.58. The Morgan fingerprint density at radius 2 is 1.93 bits per heavy atom. The molecule has 4 heteroatoms. The van der Waals surface area contributed by atoms with Crippen LogP contribution in [0.2, 0.25) is 0 Å². The lowest BCUT2D eigenvalue weighted by atomic mass is 10.1. The Morgan fingerprint density at radius 3 is 2.47 bits per heavy atom. The van der Waals surface area contributed by atoms with Gasteiger partial charge in [-0.2, -0.15) is 0 Å². The van der Waals surface area contributed by atoms with Crippen LogP contribution >= 0.6 is 0 Å². The van der Waals surface area contributed by atoms with Crippen LogP contribution in [-0.4, -0.2) is 48.4 Å². The molecule has 2 aliphatic rings. The van der Waals surface area contributed by atoms with Crippen molar-refractivity contribution >= 4 is 0 Å². The zero-order valence-electron chi connectivity index (χ0n) is 9.01. The summed E-state index contributed by atoms with van der Waals surface area (Å²) in [7, 11) is 0. The third kappa shape index (κ3) is 2.68. The summed E-state index contributed by atoms with van der Waals surface area (Å²) in [5.41, 5.74) is 0.999. The molecule has 15 heavy (non-hydrogen) atoms. The number of nitrogens with zero attached hydrogens (tertiary/aromatic N) is 2. The Morgan fingerprint density at radius 1 is 1.20 bits per heavy atom. The standard InChI is InChI=1S/C11H18F2N2/c1-10(15-6-3-7-15)8-14-5-2-4-11(12,13)9-14/h1-9H2. The molecule has 0 aromatic rings. The van der Waals surface area contributed by atoms with E-state index in [2.05, 4.69) is 11.5 Å². The van der Waals surface area contributed by atoms with Crippen LogP contribution in [0.5, 0.6) is 0 Å². The van der Waals surface area contributed by atoms with Crippen molar-refractivity contribution in [3.05, 3.63) is 12.3 Å². The molecule has 0 atom stereocenters. The third-order valence-electron chi connectivity index (χ3n) is 3.18. The van der Waals surface area contributed by atoms with Gasteiger partial charge in [0.05, 0.1) is 6.54 Å². The zero-order valence-corrected chi connectivity index (χ0v) is 9.01. The largest absolute Gasteiger partial charge is 0.374 e. The lowest BCUT2D eigenvalue weighted by Crippen LogP contribution is -2.46. The fourth-order valence-electron chi connectivity index (χ4n) is 2.17. The van der Waals surface area contributed by atoms with Gasteiger partial charge in [-0.1, -0.05) is 6.58 Å². The molecule has 0 saturated carbocycles. The first-order chi connectivity index (χ1) is 7.07. The van der Waals surface area contributed by atoms with Gasteiger partial charge in [0.2, 0.25) is 0 Å². The average molecular weight is 216 g/mol. The molecule has 2 fully saturated rings. The Hall–Kier alpha value is -0.640. The predicted octanol–water partition coefficient (Wildman–Crippen LogP) is 1.94. The highest BCUT2D eigenvalue weighted by Crippen LogP contribution is 2.27. The molecular formula is C11H18F2N2. The van der Waals surface area contributed by atoms with E-state index in [1.807, 2.05) is 4.90 Å². The molecule has 0 radical (unpaired) electrons. The van der Waals surface area contributed by atoms with Gasteiger partial charge in [0, 0.05) is 31.8 Å². The SMILES string of the molecule is C=C(CN1CCCC(F)(F)C1)N1CCC1. The van der Waals surface area contributed by atoms with Gasteiger partial charge >= 0.3 is 0 Å². The molecule has 0 amide bonds. The molecule has 2 nitrogen and oxygen atoms in total. The zero-order chi connectivity index (χ0) is 10.9. The van der Waals surface area contributed by atoms with Crippen LogP contribution in [0.25, 0.3) is 0 Å². The smallest absolute Gasteiger partial charge is 0.260 e. The predicted molar refractivity (Wildman–Crippen MR) is 56.0 cm³/mol. The minimum atomic E-state index is -2.49.